The number of ether oxygens (including phenoxy) is 2. The van der Waals surface area contributed by atoms with E-state index >= 15 is 0 Å². The Kier molecular flexibility index (Phi) is 5.78. The molecule has 1 N–H and O–H groups in total. The maximum atomic E-state index is 12.3. The van der Waals surface area contributed by atoms with Gasteiger partial charge >= 0.3 is 0 Å². The summed E-state index contributed by atoms with van der Waals surface area (Å²) in [5, 5.41) is 7.08. The van der Waals surface area contributed by atoms with E-state index in [1.807, 2.05) is 31.2 Å². The highest BCUT2D eigenvalue weighted by Gasteiger charge is 2.21. The van der Waals surface area contributed by atoms with Gasteiger partial charge in [0.05, 0.1) is 24.4 Å². The Morgan fingerprint density at radius 1 is 1.40 bits per heavy atom. The molecule has 2 heterocycles. The predicted molar refractivity (Wildman–Crippen MR) is 92.3 cm³/mol. The second-order valence-electron chi connectivity index (χ2n) is 6.27. The topological polar surface area (TPSA) is 78.3 Å². The van der Waals surface area contributed by atoms with Crippen molar-refractivity contribution in [3.05, 3.63) is 42.5 Å². The van der Waals surface area contributed by atoms with Crippen LogP contribution in [-0.4, -0.2) is 46.1 Å². The molecule has 0 bridgehead atoms. The number of carbonyl (C=O) groups excluding carboxylic acids is 1. The molecule has 1 aliphatic rings. The minimum atomic E-state index is -0.499. The van der Waals surface area contributed by atoms with E-state index < -0.39 is 6.10 Å². The number of carbonyl (C=O) groups is 1. The summed E-state index contributed by atoms with van der Waals surface area (Å²) in [5.74, 6) is -0.120. The lowest BCUT2D eigenvalue weighted by Crippen LogP contribution is -2.37. The normalized spacial score (nSPS) is 19.5. The van der Waals surface area contributed by atoms with Crippen LogP contribution in [0, 0.1) is 0 Å². The molecule has 25 heavy (non-hydrogen) atoms. The predicted octanol–water partition coefficient (Wildman–Crippen LogP) is 2.03. The van der Waals surface area contributed by atoms with Crippen LogP contribution >= 0.6 is 0 Å². The van der Waals surface area contributed by atoms with Crippen molar-refractivity contribution >= 4 is 5.91 Å². The summed E-state index contributed by atoms with van der Waals surface area (Å²) < 4.78 is 12.8. The lowest BCUT2D eigenvalue weighted by atomic mass is 10.1. The van der Waals surface area contributed by atoms with Crippen molar-refractivity contribution in [2.45, 2.75) is 44.9 Å². The fourth-order valence-electron chi connectivity index (χ4n) is 2.77. The molecule has 1 amide bonds. The molecule has 1 fully saturated rings. The van der Waals surface area contributed by atoms with Crippen LogP contribution in [0.2, 0.25) is 0 Å². The van der Waals surface area contributed by atoms with Crippen molar-refractivity contribution in [1.82, 2.24) is 20.1 Å². The summed E-state index contributed by atoms with van der Waals surface area (Å²) in [6.07, 6.45) is 4.83. The monoisotopic (exact) mass is 344 g/mol. The maximum Gasteiger partial charge on any atom is 0.249 e. The third kappa shape index (κ3) is 4.64. The van der Waals surface area contributed by atoms with Crippen molar-refractivity contribution in [2.24, 2.45) is 0 Å². The quantitative estimate of drug-likeness (QED) is 0.831. The fourth-order valence-corrected chi connectivity index (χ4v) is 2.77. The average molecular weight is 344 g/mol. The molecule has 1 saturated heterocycles. The van der Waals surface area contributed by atoms with E-state index in [4.69, 9.17) is 9.47 Å². The molecule has 7 heteroatoms. The lowest BCUT2D eigenvalue weighted by Gasteiger charge is -2.20. The summed E-state index contributed by atoms with van der Waals surface area (Å²) in [5.41, 5.74) is 1.94. The minimum absolute atomic E-state index is 0.105. The molecule has 3 atom stereocenters. The zero-order valence-corrected chi connectivity index (χ0v) is 14.6. The van der Waals surface area contributed by atoms with Crippen molar-refractivity contribution in [3.8, 4) is 5.69 Å². The Hall–Kier alpha value is -2.25. The number of benzene rings is 1. The number of nitrogens with zero attached hydrogens (tertiary/aromatic N) is 3. The first-order valence-corrected chi connectivity index (χ1v) is 8.62. The van der Waals surface area contributed by atoms with Crippen LogP contribution in [0.25, 0.3) is 5.69 Å². The van der Waals surface area contributed by atoms with Crippen molar-refractivity contribution in [3.63, 3.8) is 0 Å². The third-order valence-corrected chi connectivity index (χ3v) is 4.36. The molecular formula is C18H24N4O3. The summed E-state index contributed by atoms with van der Waals surface area (Å²) in [6.45, 7) is 4.98. The fraction of sp³-hybridized carbons (Fsp3) is 0.500. The van der Waals surface area contributed by atoms with Crippen LogP contribution in [0.15, 0.2) is 36.9 Å². The number of nitrogens with one attached hydrogen (secondary N) is 1. The minimum Gasteiger partial charge on any atom is -0.376 e. The zero-order valence-electron chi connectivity index (χ0n) is 14.6. The van der Waals surface area contributed by atoms with Crippen LogP contribution in [0.5, 0.6) is 0 Å². The van der Waals surface area contributed by atoms with Crippen LogP contribution in [0.3, 0.4) is 0 Å². The number of amides is 1. The Balaban J connectivity index is 1.50. The van der Waals surface area contributed by atoms with Gasteiger partial charge in [-0.15, -0.1) is 0 Å². The zero-order chi connectivity index (χ0) is 17.6. The first kappa shape index (κ1) is 17.6. The first-order valence-electron chi connectivity index (χ1n) is 8.62. The largest absolute Gasteiger partial charge is 0.376 e. The van der Waals surface area contributed by atoms with Gasteiger partial charge in [-0.25, -0.2) is 9.67 Å². The number of rotatable bonds is 7. The Bertz CT molecular complexity index is 666. The molecule has 1 aromatic heterocycles. The summed E-state index contributed by atoms with van der Waals surface area (Å²) in [7, 11) is 0. The molecule has 134 valence electrons. The van der Waals surface area contributed by atoms with E-state index in [-0.39, 0.29) is 18.1 Å². The molecule has 1 aromatic carbocycles. The lowest BCUT2D eigenvalue weighted by molar-refractivity contribution is -0.134. The van der Waals surface area contributed by atoms with E-state index in [1.54, 1.807) is 17.9 Å². The molecule has 0 aliphatic carbocycles. The Labute approximate surface area is 147 Å². The maximum absolute atomic E-state index is 12.3. The summed E-state index contributed by atoms with van der Waals surface area (Å²) in [4.78, 5) is 16.2. The van der Waals surface area contributed by atoms with E-state index in [1.165, 1.54) is 6.33 Å². The van der Waals surface area contributed by atoms with Crippen molar-refractivity contribution < 1.29 is 14.3 Å². The number of aromatic nitrogens is 3. The molecule has 0 saturated carbocycles. The standard InChI is InChI=1S/C18H24N4O3/c1-13(15-5-7-16(8-6-15)22-12-19-11-20-22)21-18(23)14(2)25-10-17-4-3-9-24-17/h5-8,11-14,17H,3-4,9-10H2,1-2H3,(H,21,23)/t13-,14+,17-/m1/s1. The molecule has 0 unspecified atom stereocenters. The van der Waals surface area contributed by atoms with Gasteiger partial charge in [0.2, 0.25) is 5.91 Å². The Morgan fingerprint density at radius 2 is 2.20 bits per heavy atom. The van der Waals surface area contributed by atoms with Gasteiger partial charge in [0, 0.05) is 6.61 Å². The van der Waals surface area contributed by atoms with Crippen LogP contribution < -0.4 is 5.32 Å². The Morgan fingerprint density at radius 3 is 2.84 bits per heavy atom. The third-order valence-electron chi connectivity index (χ3n) is 4.36. The molecule has 3 rings (SSSR count). The van der Waals surface area contributed by atoms with Gasteiger partial charge in [-0.3, -0.25) is 4.79 Å². The van der Waals surface area contributed by atoms with E-state index in [0.29, 0.717) is 6.61 Å². The number of hydrogen-bond donors (Lipinski definition) is 1. The SMILES string of the molecule is C[C@H](OC[C@H]1CCCO1)C(=O)N[C@H](C)c1ccc(-n2cncn2)cc1. The first-order chi connectivity index (χ1) is 12.1. The van der Waals surface area contributed by atoms with Crippen LogP contribution in [-0.2, 0) is 14.3 Å². The van der Waals surface area contributed by atoms with Gasteiger partial charge in [-0.05, 0) is 44.4 Å². The van der Waals surface area contributed by atoms with Crippen LogP contribution in [0.4, 0.5) is 0 Å². The number of hydrogen-bond acceptors (Lipinski definition) is 5. The van der Waals surface area contributed by atoms with E-state index in [0.717, 1.165) is 30.7 Å². The smallest absolute Gasteiger partial charge is 0.249 e. The summed E-state index contributed by atoms with van der Waals surface area (Å²) in [6, 6.07) is 7.74. The van der Waals surface area contributed by atoms with Crippen molar-refractivity contribution in [2.75, 3.05) is 13.2 Å². The van der Waals surface area contributed by atoms with Gasteiger partial charge in [0.25, 0.3) is 0 Å². The van der Waals surface area contributed by atoms with Crippen LogP contribution in [0.1, 0.15) is 38.3 Å². The molecule has 0 radical (unpaired) electrons. The molecule has 1 aliphatic heterocycles. The van der Waals surface area contributed by atoms with Gasteiger partial charge < -0.3 is 14.8 Å². The van der Waals surface area contributed by atoms with Gasteiger partial charge in [0.1, 0.15) is 18.8 Å². The second-order valence-corrected chi connectivity index (χ2v) is 6.27. The molecule has 2 aromatic rings. The highest BCUT2D eigenvalue weighted by molar-refractivity contribution is 5.80. The molecule has 0 spiro atoms. The second kappa shape index (κ2) is 8.22. The highest BCUT2D eigenvalue weighted by Crippen LogP contribution is 2.16. The average Bonchev–Trinajstić information content (AvgIpc) is 3.33. The summed E-state index contributed by atoms with van der Waals surface area (Å²) >= 11 is 0. The highest BCUT2D eigenvalue weighted by atomic mass is 16.5. The van der Waals surface area contributed by atoms with Gasteiger partial charge in [-0.1, -0.05) is 12.1 Å². The van der Waals surface area contributed by atoms with Gasteiger partial charge in [-0.2, -0.15) is 5.10 Å². The van der Waals surface area contributed by atoms with E-state index in [9.17, 15) is 4.79 Å². The molecule has 7 nitrogen and oxygen atoms in total. The van der Waals surface area contributed by atoms with Crippen molar-refractivity contribution in [1.29, 1.82) is 0 Å². The molecular weight excluding hydrogens is 320 g/mol. The van der Waals surface area contributed by atoms with E-state index in [2.05, 4.69) is 15.4 Å². The van der Waals surface area contributed by atoms with Gasteiger partial charge in [0.15, 0.2) is 0 Å².